The van der Waals surface area contributed by atoms with Gasteiger partial charge in [0.15, 0.2) is 9.84 Å². The first kappa shape index (κ1) is 18.2. The maximum atomic E-state index is 12.2. The minimum absolute atomic E-state index is 0.0168. The Morgan fingerprint density at radius 3 is 2.84 bits per heavy atom. The van der Waals surface area contributed by atoms with Gasteiger partial charge in [0.25, 0.3) is 0 Å². The molecule has 0 aliphatic carbocycles. The number of amides is 2. The quantitative estimate of drug-likeness (QED) is 0.788. The molecule has 0 aromatic carbocycles. The molecule has 0 spiro atoms. The number of hydrogen-bond acceptors (Lipinski definition) is 5. The summed E-state index contributed by atoms with van der Waals surface area (Å²) in [6, 6.07) is 1.96. The standard InChI is InChI=1S/C16H27N5O3S/c1-2-25(23,24)10-9-19-12-14-5-6-18-21(14)15(13-19)11-17-16(22)20-7-3-4-8-20/h5-6,15H,2-4,7-13H2,1H3,(H,17,22)/t15-/m0/s1. The van der Waals surface area contributed by atoms with Crippen molar-refractivity contribution in [3.05, 3.63) is 18.0 Å². The van der Waals surface area contributed by atoms with Crippen LogP contribution in [0.4, 0.5) is 4.79 Å². The number of sulfone groups is 1. The number of urea groups is 1. The van der Waals surface area contributed by atoms with Gasteiger partial charge < -0.3 is 10.2 Å². The lowest BCUT2D eigenvalue weighted by Gasteiger charge is -2.34. The molecular weight excluding hydrogens is 342 g/mol. The Labute approximate surface area is 149 Å². The van der Waals surface area contributed by atoms with E-state index in [1.807, 2.05) is 15.6 Å². The predicted octanol–water partition coefficient (Wildman–Crippen LogP) is 0.480. The average Bonchev–Trinajstić information content (AvgIpc) is 3.29. The molecule has 0 bridgehead atoms. The summed E-state index contributed by atoms with van der Waals surface area (Å²) in [5.74, 6) is 0.346. The fourth-order valence-electron chi connectivity index (χ4n) is 3.44. The molecule has 0 saturated carbocycles. The zero-order valence-electron chi connectivity index (χ0n) is 14.7. The molecule has 2 amide bonds. The lowest BCUT2D eigenvalue weighted by atomic mass is 10.2. The number of likely N-dealkylation sites (tertiary alicyclic amines) is 1. The van der Waals surface area contributed by atoms with Crippen molar-refractivity contribution in [1.29, 1.82) is 0 Å². The summed E-state index contributed by atoms with van der Waals surface area (Å²) < 4.78 is 25.5. The number of nitrogens with one attached hydrogen (secondary N) is 1. The molecule has 0 radical (unpaired) electrons. The number of hydrogen-bond donors (Lipinski definition) is 1. The van der Waals surface area contributed by atoms with Crippen LogP contribution in [0.25, 0.3) is 0 Å². The van der Waals surface area contributed by atoms with Crippen molar-refractivity contribution >= 4 is 15.9 Å². The van der Waals surface area contributed by atoms with Crippen LogP contribution in [0.3, 0.4) is 0 Å². The van der Waals surface area contributed by atoms with Gasteiger partial charge in [0.2, 0.25) is 0 Å². The van der Waals surface area contributed by atoms with Crippen molar-refractivity contribution in [2.45, 2.75) is 32.4 Å². The summed E-state index contributed by atoms with van der Waals surface area (Å²) in [5.41, 5.74) is 1.06. The summed E-state index contributed by atoms with van der Waals surface area (Å²) in [7, 11) is -2.98. The molecule has 1 aromatic rings. The van der Waals surface area contributed by atoms with Crippen molar-refractivity contribution in [1.82, 2.24) is 24.9 Å². The lowest BCUT2D eigenvalue weighted by Crippen LogP contribution is -2.46. The first-order valence-corrected chi connectivity index (χ1v) is 10.8. The van der Waals surface area contributed by atoms with E-state index in [1.54, 1.807) is 13.1 Å². The Hall–Kier alpha value is -1.61. The molecule has 9 heteroatoms. The van der Waals surface area contributed by atoms with Crippen LogP contribution in [0.2, 0.25) is 0 Å². The molecular formula is C16H27N5O3S. The molecule has 25 heavy (non-hydrogen) atoms. The highest BCUT2D eigenvalue weighted by Crippen LogP contribution is 2.20. The lowest BCUT2D eigenvalue weighted by molar-refractivity contribution is 0.174. The van der Waals surface area contributed by atoms with Crippen molar-refractivity contribution in [3.63, 3.8) is 0 Å². The van der Waals surface area contributed by atoms with Gasteiger partial charge in [-0.05, 0) is 18.9 Å². The zero-order valence-corrected chi connectivity index (χ0v) is 15.5. The van der Waals surface area contributed by atoms with Gasteiger partial charge in [-0.2, -0.15) is 5.10 Å². The van der Waals surface area contributed by atoms with Crippen molar-refractivity contribution < 1.29 is 13.2 Å². The number of fused-ring (bicyclic) bond motifs is 1. The minimum Gasteiger partial charge on any atom is -0.336 e. The Kier molecular flexibility index (Phi) is 5.63. The summed E-state index contributed by atoms with van der Waals surface area (Å²) in [5, 5.41) is 7.39. The van der Waals surface area contributed by atoms with Crippen LogP contribution in [0.15, 0.2) is 12.3 Å². The van der Waals surface area contributed by atoms with Crippen LogP contribution in [-0.2, 0) is 16.4 Å². The highest BCUT2D eigenvalue weighted by Gasteiger charge is 2.27. The Balaban J connectivity index is 1.59. The summed E-state index contributed by atoms with van der Waals surface area (Å²) in [4.78, 5) is 16.2. The summed E-state index contributed by atoms with van der Waals surface area (Å²) >= 11 is 0. The number of rotatable bonds is 6. The molecule has 3 rings (SSSR count). The van der Waals surface area contributed by atoms with Gasteiger partial charge in [0.05, 0.1) is 17.5 Å². The van der Waals surface area contributed by atoms with E-state index < -0.39 is 9.84 Å². The van der Waals surface area contributed by atoms with E-state index >= 15 is 0 Å². The van der Waals surface area contributed by atoms with E-state index in [9.17, 15) is 13.2 Å². The van der Waals surface area contributed by atoms with Crippen molar-refractivity contribution in [2.24, 2.45) is 0 Å². The van der Waals surface area contributed by atoms with Gasteiger partial charge in [0, 0.05) is 51.2 Å². The van der Waals surface area contributed by atoms with E-state index in [2.05, 4.69) is 15.3 Å². The van der Waals surface area contributed by atoms with Crippen molar-refractivity contribution in [2.75, 3.05) is 44.2 Å². The van der Waals surface area contributed by atoms with Gasteiger partial charge in [-0.25, -0.2) is 13.2 Å². The number of nitrogens with zero attached hydrogens (tertiary/aromatic N) is 4. The average molecular weight is 369 g/mol. The second-order valence-corrected chi connectivity index (χ2v) is 9.25. The van der Waals surface area contributed by atoms with E-state index in [0.29, 0.717) is 26.2 Å². The van der Waals surface area contributed by atoms with E-state index in [4.69, 9.17) is 0 Å². The first-order valence-electron chi connectivity index (χ1n) is 8.96. The van der Waals surface area contributed by atoms with Crippen LogP contribution in [0, 0.1) is 0 Å². The number of carbonyl (C=O) groups excluding carboxylic acids is 1. The first-order chi connectivity index (χ1) is 12.0. The molecule has 3 heterocycles. The normalized spacial score (nSPS) is 21.3. The smallest absolute Gasteiger partial charge is 0.317 e. The predicted molar refractivity (Wildman–Crippen MR) is 95.1 cm³/mol. The number of carbonyl (C=O) groups is 1. The molecule has 2 aliphatic heterocycles. The van der Waals surface area contributed by atoms with Crippen molar-refractivity contribution in [3.8, 4) is 0 Å². The maximum Gasteiger partial charge on any atom is 0.317 e. The summed E-state index contributed by atoms with van der Waals surface area (Å²) in [6.07, 6.45) is 3.90. The third-order valence-corrected chi connectivity index (χ3v) is 6.68. The molecule has 8 nitrogen and oxygen atoms in total. The molecule has 140 valence electrons. The molecule has 2 aliphatic rings. The van der Waals surface area contributed by atoms with Crippen LogP contribution < -0.4 is 5.32 Å². The fourth-order valence-corrected chi connectivity index (χ4v) is 4.26. The molecule has 1 fully saturated rings. The number of aromatic nitrogens is 2. The van der Waals surface area contributed by atoms with E-state index in [0.717, 1.165) is 31.6 Å². The Morgan fingerprint density at radius 2 is 2.12 bits per heavy atom. The minimum atomic E-state index is -2.98. The van der Waals surface area contributed by atoms with Gasteiger partial charge in [-0.1, -0.05) is 6.92 Å². The van der Waals surface area contributed by atoms with E-state index in [1.165, 1.54) is 0 Å². The molecule has 0 unspecified atom stereocenters. The highest BCUT2D eigenvalue weighted by atomic mass is 32.2. The van der Waals surface area contributed by atoms with Crippen LogP contribution >= 0.6 is 0 Å². The van der Waals surface area contributed by atoms with E-state index in [-0.39, 0.29) is 23.6 Å². The molecule has 1 aromatic heterocycles. The molecule has 1 atom stereocenters. The SMILES string of the molecule is CCS(=O)(=O)CCN1Cc2ccnn2[C@@H](CNC(=O)N2CCCC2)C1. The van der Waals surface area contributed by atoms with Crippen LogP contribution in [-0.4, -0.2) is 78.3 Å². The topological polar surface area (TPSA) is 87.5 Å². The van der Waals surface area contributed by atoms with Crippen LogP contribution in [0.1, 0.15) is 31.5 Å². The second-order valence-electron chi connectivity index (χ2n) is 6.77. The third kappa shape index (κ3) is 4.52. The van der Waals surface area contributed by atoms with Crippen LogP contribution in [0.5, 0.6) is 0 Å². The third-order valence-electron chi connectivity index (χ3n) is 4.99. The monoisotopic (exact) mass is 369 g/mol. The molecule has 1 N–H and O–H groups in total. The van der Waals surface area contributed by atoms with Gasteiger partial charge in [-0.3, -0.25) is 9.58 Å². The summed E-state index contributed by atoms with van der Waals surface area (Å²) in [6.45, 7) is 5.72. The largest absolute Gasteiger partial charge is 0.336 e. The Bertz CT molecular complexity index is 696. The molecule has 1 saturated heterocycles. The van der Waals surface area contributed by atoms with Gasteiger partial charge >= 0.3 is 6.03 Å². The fraction of sp³-hybridized carbons (Fsp3) is 0.750. The Morgan fingerprint density at radius 1 is 1.36 bits per heavy atom. The van der Waals surface area contributed by atoms with Gasteiger partial charge in [-0.15, -0.1) is 0 Å². The highest BCUT2D eigenvalue weighted by molar-refractivity contribution is 7.91. The second kappa shape index (κ2) is 7.74. The zero-order chi connectivity index (χ0) is 17.9. The van der Waals surface area contributed by atoms with Gasteiger partial charge in [0.1, 0.15) is 0 Å². The maximum absolute atomic E-state index is 12.2.